The van der Waals surface area contributed by atoms with E-state index in [0.29, 0.717) is 24.0 Å². The third kappa shape index (κ3) is 6.94. The van der Waals surface area contributed by atoms with Crippen molar-refractivity contribution < 1.29 is 9.13 Å². The molecular weight excluding hydrogens is 535 g/mol. The largest absolute Gasteiger partial charge is 0.493 e. The number of aromatic amines is 1. The summed E-state index contributed by atoms with van der Waals surface area (Å²) in [6.45, 7) is 8.95. The first kappa shape index (κ1) is 28.7. The minimum Gasteiger partial charge on any atom is -0.493 e. The molecule has 212 valence electrons. The fourth-order valence-electron chi connectivity index (χ4n) is 5.43. The molecule has 0 bridgehead atoms. The zero-order chi connectivity index (χ0) is 28.9. The van der Waals surface area contributed by atoms with Crippen molar-refractivity contribution in [3.8, 4) is 16.9 Å². The number of hydrogen-bond acceptors (Lipinski definition) is 4. The zero-order valence-corrected chi connectivity index (χ0v) is 24.9. The maximum atomic E-state index is 14.0. The number of nitrogens with one attached hydrogen (secondary N) is 1. The molecule has 3 aromatic carbocycles. The van der Waals surface area contributed by atoms with Gasteiger partial charge < -0.3 is 9.72 Å². The highest BCUT2D eigenvalue weighted by Crippen LogP contribution is 2.30. The minimum absolute atomic E-state index is 0.333. The van der Waals surface area contributed by atoms with Crippen LogP contribution in [0.4, 0.5) is 4.39 Å². The molecule has 0 aliphatic carbocycles. The fraction of sp³-hybridized carbons (Fsp3) is 0.324. The van der Waals surface area contributed by atoms with E-state index < -0.39 is 0 Å². The lowest BCUT2D eigenvalue weighted by Gasteiger charge is -2.19. The molecule has 5 nitrogen and oxygen atoms in total. The second-order valence-electron chi connectivity index (χ2n) is 10.7. The van der Waals surface area contributed by atoms with E-state index in [4.69, 9.17) is 16.3 Å². The quantitative estimate of drug-likeness (QED) is 0.173. The molecule has 1 N–H and O–H groups in total. The number of ether oxygens (including phenoxy) is 1. The van der Waals surface area contributed by atoms with E-state index in [1.165, 1.54) is 23.3 Å². The maximum absolute atomic E-state index is 14.0. The lowest BCUT2D eigenvalue weighted by Crippen LogP contribution is -2.13. The number of imidazole rings is 1. The summed E-state index contributed by atoms with van der Waals surface area (Å²) >= 11 is 6.10. The summed E-state index contributed by atoms with van der Waals surface area (Å²) in [5.74, 6) is 1.92. The van der Waals surface area contributed by atoms with Gasteiger partial charge in [-0.25, -0.2) is 19.3 Å². The molecule has 7 heteroatoms. The van der Waals surface area contributed by atoms with Crippen LogP contribution in [-0.4, -0.2) is 26.5 Å². The number of rotatable bonds is 11. The third-order valence-corrected chi connectivity index (χ3v) is 7.99. The summed E-state index contributed by atoms with van der Waals surface area (Å²) < 4.78 is 20.3. The highest BCUT2D eigenvalue weighted by molar-refractivity contribution is 6.30. The Bertz CT molecular complexity index is 1640. The molecular formula is C34H36ClFN4O. The molecule has 0 amide bonds. The summed E-state index contributed by atoms with van der Waals surface area (Å²) in [7, 11) is 0. The van der Waals surface area contributed by atoms with Gasteiger partial charge in [-0.3, -0.25) is 0 Å². The highest BCUT2D eigenvalue weighted by atomic mass is 35.5. The van der Waals surface area contributed by atoms with Crippen LogP contribution in [0.3, 0.4) is 0 Å². The van der Waals surface area contributed by atoms with E-state index in [1.807, 2.05) is 13.8 Å². The Morgan fingerprint density at radius 1 is 0.976 bits per heavy atom. The first-order valence-electron chi connectivity index (χ1n) is 14.3. The van der Waals surface area contributed by atoms with Crippen molar-refractivity contribution in [3.05, 3.63) is 106 Å². The van der Waals surface area contributed by atoms with Crippen LogP contribution in [0.1, 0.15) is 60.6 Å². The molecule has 1 atom stereocenters. The van der Waals surface area contributed by atoms with Gasteiger partial charge in [-0.05, 0) is 109 Å². The number of hydrogen-bond donors (Lipinski definition) is 1. The van der Waals surface area contributed by atoms with Gasteiger partial charge in [-0.2, -0.15) is 0 Å². The topological polar surface area (TPSA) is 63.7 Å². The summed E-state index contributed by atoms with van der Waals surface area (Å²) in [6, 6.07) is 17.4. The highest BCUT2D eigenvalue weighted by Gasteiger charge is 2.16. The molecule has 2 heterocycles. The molecule has 41 heavy (non-hydrogen) atoms. The van der Waals surface area contributed by atoms with E-state index >= 15 is 0 Å². The molecule has 1 unspecified atom stereocenters. The molecule has 2 aromatic heterocycles. The van der Waals surface area contributed by atoms with Crippen LogP contribution in [0.25, 0.3) is 22.2 Å². The lowest BCUT2D eigenvalue weighted by molar-refractivity contribution is 0.271. The molecule has 0 aliphatic rings. The Morgan fingerprint density at radius 2 is 1.78 bits per heavy atom. The number of fused-ring (bicyclic) bond motifs is 1. The zero-order valence-electron chi connectivity index (χ0n) is 24.1. The number of nitrogens with zero attached hydrogens (tertiary/aromatic N) is 3. The number of halogens is 2. The molecule has 5 aromatic rings. The van der Waals surface area contributed by atoms with Crippen LogP contribution in [0.2, 0.25) is 5.02 Å². The summed E-state index contributed by atoms with van der Waals surface area (Å²) in [6.07, 6.45) is 5.79. The second kappa shape index (κ2) is 12.8. The number of aromatic nitrogens is 4. The van der Waals surface area contributed by atoms with Crippen LogP contribution in [-0.2, 0) is 19.3 Å². The lowest BCUT2D eigenvalue weighted by atomic mass is 9.92. The van der Waals surface area contributed by atoms with Crippen molar-refractivity contribution in [2.45, 2.75) is 59.8 Å². The van der Waals surface area contributed by atoms with Crippen molar-refractivity contribution in [1.82, 2.24) is 19.9 Å². The van der Waals surface area contributed by atoms with Crippen molar-refractivity contribution in [2.24, 2.45) is 5.92 Å². The Labute approximate surface area is 246 Å². The van der Waals surface area contributed by atoms with Crippen LogP contribution in [0.5, 0.6) is 5.75 Å². The number of benzene rings is 3. The SMILES string of the molecule is CCc1cc(-c2ccc3nc(C)[nH]c3c2)ccc1OCCC(CC)Cc1ncnc(C)c1Cc1cc(F)cc(Cl)c1. The first-order valence-corrected chi connectivity index (χ1v) is 14.7. The van der Waals surface area contributed by atoms with Crippen LogP contribution < -0.4 is 4.74 Å². The van der Waals surface area contributed by atoms with Gasteiger partial charge in [0.25, 0.3) is 0 Å². The monoisotopic (exact) mass is 570 g/mol. The summed E-state index contributed by atoms with van der Waals surface area (Å²) in [4.78, 5) is 16.9. The average Bonchev–Trinajstić information content (AvgIpc) is 3.33. The predicted octanol–water partition coefficient (Wildman–Crippen LogP) is 8.62. The second-order valence-corrected chi connectivity index (χ2v) is 11.1. The molecule has 0 spiro atoms. The molecule has 0 saturated heterocycles. The van der Waals surface area contributed by atoms with Crippen molar-refractivity contribution >= 4 is 22.6 Å². The van der Waals surface area contributed by atoms with Crippen molar-refractivity contribution in [1.29, 1.82) is 0 Å². The van der Waals surface area contributed by atoms with E-state index in [-0.39, 0.29) is 5.82 Å². The minimum atomic E-state index is -0.333. The first-order chi connectivity index (χ1) is 19.8. The normalized spacial score (nSPS) is 12.1. The summed E-state index contributed by atoms with van der Waals surface area (Å²) in [5, 5.41) is 0.396. The molecule has 5 rings (SSSR count). The summed E-state index contributed by atoms with van der Waals surface area (Å²) in [5.41, 5.74) is 9.33. The van der Waals surface area contributed by atoms with Gasteiger partial charge in [0, 0.05) is 22.8 Å². The van der Waals surface area contributed by atoms with Crippen LogP contribution >= 0.6 is 11.6 Å². The Balaban J connectivity index is 1.25. The van der Waals surface area contributed by atoms with Gasteiger partial charge in [0.2, 0.25) is 0 Å². The van der Waals surface area contributed by atoms with Gasteiger partial charge in [-0.1, -0.05) is 44.0 Å². The van der Waals surface area contributed by atoms with Crippen molar-refractivity contribution in [2.75, 3.05) is 6.61 Å². The van der Waals surface area contributed by atoms with Gasteiger partial charge in [0.05, 0.1) is 17.6 Å². The molecule has 0 aliphatic heterocycles. The predicted molar refractivity (Wildman–Crippen MR) is 164 cm³/mol. The molecule has 0 radical (unpaired) electrons. The van der Waals surface area contributed by atoms with Gasteiger partial charge in [-0.15, -0.1) is 0 Å². The fourth-order valence-corrected chi connectivity index (χ4v) is 5.67. The molecule has 0 fully saturated rings. The third-order valence-electron chi connectivity index (χ3n) is 7.77. The Morgan fingerprint density at radius 3 is 2.56 bits per heavy atom. The van der Waals surface area contributed by atoms with E-state index in [0.717, 1.165) is 76.4 Å². The van der Waals surface area contributed by atoms with Gasteiger partial charge >= 0.3 is 0 Å². The van der Waals surface area contributed by atoms with E-state index in [9.17, 15) is 4.39 Å². The van der Waals surface area contributed by atoms with Crippen molar-refractivity contribution in [3.63, 3.8) is 0 Å². The van der Waals surface area contributed by atoms with E-state index in [2.05, 4.69) is 70.2 Å². The van der Waals surface area contributed by atoms with Gasteiger partial charge in [0.15, 0.2) is 0 Å². The Hall–Kier alpha value is -3.77. The van der Waals surface area contributed by atoms with Gasteiger partial charge in [0.1, 0.15) is 23.7 Å². The number of aryl methyl sites for hydroxylation is 3. The maximum Gasteiger partial charge on any atom is 0.124 e. The number of H-pyrrole nitrogens is 1. The van der Waals surface area contributed by atoms with E-state index in [1.54, 1.807) is 12.4 Å². The smallest absolute Gasteiger partial charge is 0.124 e. The average molecular weight is 571 g/mol. The molecule has 0 saturated carbocycles. The van der Waals surface area contributed by atoms with Crippen LogP contribution in [0.15, 0.2) is 60.9 Å². The van der Waals surface area contributed by atoms with Crippen LogP contribution in [0, 0.1) is 25.6 Å². The Kier molecular flexibility index (Phi) is 8.99. The standard InChI is InChI=1S/C34H36ClFN4O/c1-5-23(16-32-30(21(3)37-20-38-32)15-24-13-28(35)19-29(36)14-24)11-12-41-34-10-8-26(17-25(34)6-2)27-7-9-31-33(18-27)40-22(4)39-31/h7-10,13-14,17-20,23H,5-6,11-12,15-16H2,1-4H3,(H,39,40).